The van der Waals surface area contributed by atoms with Gasteiger partial charge in [-0.05, 0) is 43.7 Å². The van der Waals surface area contributed by atoms with Gasteiger partial charge in [-0.15, -0.1) is 10.2 Å². The van der Waals surface area contributed by atoms with Gasteiger partial charge in [-0.2, -0.15) is 0 Å². The van der Waals surface area contributed by atoms with Gasteiger partial charge in [-0.25, -0.2) is 4.39 Å². The van der Waals surface area contributed by atoms with Crippen LogP contribution in [0.2, 0.25) is 5.02 Å². The number of halogens is 2. The molecule has 0 saturated carbocycles. The summed E-state index contributed by atoms with van der Waals surface area (Å²) in [5.74, 6) is 0.328. The highest BCUT2D eigenvalue weighted by atomic mass is 35.5. The van der Waals surface area contributed by atoms with Crippen LogP contribution in [0.4, 0.5) is 4.39 Å². The predicted molar refractivity (Wildman–Crippen MR) is 109 cm³/mol. The summed E-state index contributed by atoms with van der Waals surface area (Å²) in [6, 6.07) is 12.5. The Morgan fingerprint density at radius 3 is 2.68 bits per heavy atom. The van der Waals surface area contributed by atoms with E-state index in [1.54, 1.807) is 19.2 Å². The van der Waals surface area contributed by atoms with E-state index in [-0.39, 0.29) is 18.2 Å². The van der Waals surface area contributed by atoms with Crippen molar-refractivity contribution in [2.24, 2.45) is 0 Å². The van der Waals surface area contributed by atoms with E-state index in [2.05, 4.69) is 10.2 Å². The van der Waals surface area contributed by atoms with E-state index < -0.39 is 5.82 Å². The Morgan fingerprint density at radius 2 is 1.96 bits per heavy atom. The number of aromatic nitrogens is 3. The van der Waals surface area contributed by atoms with E-state index in [1.165, 1.54) is 22.7 Å². The number of amides is 1. The zero-order valence-corrected chi connectivity index (χ0v) is 17.4. The quantitative estimate of drug-likeness (QED) is 0.556. The molecule has 3 rings (SSSR count). The van der Waals surface area contributed by atoms with Gasteiger partial charge in [0.05, 0.1) is 5.75 Å². The fourth-order valence-electron chi connectivity index (χ4n) is 2.75. The average molecular weight is 419 g/mol. The average Bonchev–Trinajstić information content (AvgIpc) is 3.03. The van der Waals surface area contributed by atoms with Gasteiger partial charge in [0.25, 0.3) is 0 Å². The molecule has 0 aliphatic rings. The second-order valence-electron chi connectivity index (χ2n) is 6.44. The van der Waals surface area contributed by atoms with Crippen molar-refractivity contribution in [1.29, 1.82) is 0 Å². The molecule has 1 amide bonds. The van der Waals surface area contributed by atoms with Crippen molar-refractivity contribution in [1.82, 2.24) is 19.7 Å². The molecular weight excluding hydrogens is 399 g/mol. The maximum Gasteiger partial charge on any atom is 0.233 e. The number of benzene rings is 2. The molecule has 3 aromatic rings. The second-order valence-corrected chi connectivity index (χ2v) is 7.79. The van der Waals surface area contributed by atoms with Gasteiger partial charge in [-0.1, -0.05) is 41.6 Å². The third-order valence-corrected chi connectivity index (χ3v) is 5.53. The maximum atomic E-state index is 14.0. The lowest BCUT2D eigenvalue weighted by Gasteiger charge is -2.18. The van der Waals surface area contributed by atoms with Crippen LogP contribution in [0.15, 0.2) is 47.6 Å². The summed E-state index contributed by atoms with van der Waals surface area (Å²) < 4.78 is 15.9. The van der Waals surface area contributed by atoms with Gasteiger partial charge in [0, 0.05) is 29.9 Å². The smallest absolute Gasteiger partial charge is 0.233 e. The summed E-state index contributed by atoms with van der Waals surface area (Å²) in [6.07, 6.45) is 0. The zero-order valence-electron chi connectivity index (χ0n) is 15.8. The molecule has 28 heavy (non-hydrogen) atoms. The Bertz CT molecular complexity index is 987. The Morgan fingerprint density at radius 1 is 1.21 bits per heavy atom. The maximum absolute atomic E-state index is 14.0. The number of hydrogen-bond donors (Lipinski definition) is 0. The molecule has 1 aromatic heterocycles. The molecule has 0 aliphatic carbocycles. The SMILES string of the molecule is Cc1cccc(-n2c(C)nnc2SCC(=O)N(C)Cc2c(F)cccc2Cl)c1. The zero-order chi connectivity index (χ0) is 20.3. The number of hydrogen-bond acceptors (Lipinski definition) is 4. The van der Waals surface area contributed by atoms with Gasteiger partial charge in [0.2, 0.25) is 5.91 Å². The van der Waals surface area contributed by atoms with E-state index in [0.717, 1.165) is 17.1 Å². The van der Waals surface area contributed by atoms with E-state index in [9.17, 15) is 9.18 Å². The monoisotopic (exact) mass is 418 g/mol. The first kappa shape index (κ1) is 20.4. The predicted octanol–water partition coefficient (Wildman–Crippen LogP) is 4.43. The molecule has 0 atom stereocenters. The number of rotatable bonds is 6. The number of carbonyl (C=O) groups excluding carboxylic acids is 1. The number of carbonyl (C=O) groups is 1. The van der Waals surface area contributed by atoms with Gasteiger partial charge >= 0.3 is 0 Å². The van der Waals surface area contributed by atoms with Gasteiger partial charge < -0.3 is 4.90 Å². The summed E-state index contributed by atoms with van der Waals surface area (Å²) >= 11 is 7.35. The summed E-state index contributed by atoms with van der Waals surface area (Å²) in [4.78, 5) is 14.0. The van der Waals surface area contributed by atoms with E-state index >= 15 is 0 Å². The Kier molecular flexibility index (Phi) is 6.36. The fraction of sp³-hybridized carbons (Fsp3) is 0.250. The highest BCUT2D eigenvalue weighted by Crippen LogP contribution is 2.24. The molecule has 0 saturated heterocycles. The normalized spacial score (nSPS) is 10.9. The minimum atomic E-state index is -0.422. The van der Waals surface area contributed by atoms with Crippen molar-refractivity contribution in [3.8, 4) is 5.69 Å². The second kappa shape index (κ2) is 8.75. The molecule has 5 nitrogen and oxygen atoms in total. The van der Waals surface area contributed by atoms with E-state index in [1.807, 2.05) is 42.7 Å². The lowest BCUT2D eigenvalue weighted by molar-refractivity contribution is -0.127. The minimum absolute atomic E-state index is 0.106. The molecular formula is C20H20ClFN4OS. The first-order valence-electron chi connectivity index (χ1n) is 8.65. The number of thioether (sulfide) groups is 1. The summed E-state index contributed by atoms with van der Waals surface area (Å²) in [5.41, 5.74) is 2.38. The van der Waals surface area contributed by atoms with Crippen LogP contribution in [0, 0.1) is 19.7 Å². The molecule has 146 valence electrons. The van der Waals surface area contributed by atoms with Crippen LogP contribution >= 0.6 is 23.4 Å². The van der Waals surface area contributed by atoms with Crippen LogP contribution in [0.3, 0.4) is 0 Å². The Balaban J connectivity index is 1.70. The molecule has 0 spiro atoms. The van der Waals surface area contributed by atoms with Crippen molar-refractivity contribution >= 4 is 29.3 Å². The van der Waals surface area contributed by atoms with Crippen molar-refractivity contribution < 1.29 is 9.18 Å². The van der Waals surface area contributed by atoms with Crippen molar-refractivity contribution in [3.05, 3.63) is 70.3 Å². The number of aryl methyl sites for hydroxylation is 2. The molecule has 8 heteroatoms. The van der Waals surface area contributed by atoms with E-state index in [4.69, 9.17) is 11.6 Å². The van der Waals surface area contributed by atoms with Crippen LogP contribution < -0.4 is 0 Å². The minimum Gasteiger partial charge on any atom is -0.341 e. The topological polar surface area (TPSA) is 51.0 Å². The van der Waals surface area contributed by atoms with Gasteiger partial charge in [0.15, 0.2) is 5.16 Å². The standard InChI is InChI=1S/C20H20ClFN4OS/c1-13-6-4-7-15(10-13)26-14(2)23-24-20(26)28-12-19(27)25(3)11-16-17(21)8-5-9-18(16)22/h4-10H,11-12H2,1-3H3. The molecule has 0 radical (unpaired) electrons. The lowest BCUT2D eigenvalue weighted by Crippen LogP contribution is -2.28. The molecule has 0 aliphatic heterocycles. The largest absolute Gasteiger partial charge is 0.341 e. The van der Waals surface area contributed by atoms with Crippen LogP contribution in [0.5, 0.6) is 0 Å². The molecule has 0 fully saturated rings. The Hall–Kier alpha value is -2.38. The molecule has 0 unspecified atom stereocenters. The summed E-state index contributed by atoms with van der Waals surface area (Å²) in [5, 5.41) is 9.27. The van der Waals surface area contributed by atoms with Gasteiger partial charge in [0.1, 0.15) is 11.6 Å². The van der Waals surface area contributed by atoms with Gasteiger partial charge in [-0.3, -0.25) is 9.36 Å². The summed E-state index contributed by atoms with van der Waals surface area (Å²) in [6.45, 7) is 3.99. The highest BCUT2D eigenvalue weighted by molar-refractivity contribution is 7.99. The van der Waals surface area contributed by atoms with Crippen molar-refractivity contribution in [3.63, 3.8) is 0 Å². The molecule has 1 heterocycles. The molecule has 2 aromatic carbocycles. The van der Waals surface area contributed by atoms with Crippen LogP contribution in [0.25, 0.3) is 5.69 Å². The lowest BCUT2D eigenvalue weighted by atomic mass is 10.2. The third kappa shape index (κ3) is 4.54. The first-order chi connectivity index (χ1) is 13.4. The van der Waals surface area contributed by atoms with Crippen molar-refractivity contribution in [2.75, 3.05) is 12.8 Å². The first-order valence-corrected chi connectivity index (χ1v) is 10.0. The molecule has 0 bridgehead atoms. The van der Waals surface area contributed by atoms with Crippen LogP contribution in [-0.4, -0.2) is 38.4 Å². The fourth-order valence-corrected chi connectivity index (χ4v) is 3.91. The third-order valence-electron chi connectivity index (χ3n) is 4.26. The van der Waals surface area contributed by atoms with Crippen LogP contribution in [0.1, 0.15) is 17.0 Å². The van der Waals surface area contributed by atoms with Crippen LogP contribution in [-0.2, 0) is 11.3 Å². The summed E-state index contributed by atoms with van der Waals surface area (Å²) in [7, 11) is 1.63. The number of nitrogens with zero attached hydrogens (tertiary/aromatic N) is 4. The van der Waals surface area contributed by atoms with Crippen molar-refractivity contribution in [2.45, 2.75) is 25.5 Å². The highest BCUT2D eigenvalue weighted by Gasteiger charge is 2.17. The Labute approximate surface area is 172 Å². The molecule has 0 N–H and O–H groups in total. The van der Waals surface area contributed by atoms with E-state index in [0.29, 0.717) is 15.7 Å².